The molecule has 1 N–H and O–H groups in total. The van der Waals surface area contributed by atoms with E-state index in [4.69, 9.17) is 0 Å². The van der Waals surface area contributed by atoms with E-state index in [1.807, 2.05) is 6.92 Å². The van der Waals surface area contributed by atoms with Gasteiger partial charge in [0.2, 0.25) is 0 Å². The first-order chi connectivity index (χ1) is 8.21. The molecule has 0 radical (unpaired) electrons. The van der Waals surface area contributed by atoms with Gasteiger partial charge in [-0.2, -0.15) is 0 Å². The lowest BCUT2D eigenvalue weighted by molar-refractivity contribution is -0.0500. The minimum absolute atomic E-state index is 0.399. The summed E-state index contributed by atoms with van der Waals surface area (Å²) in [6.45, 7) is 11.8. The predicted molar refractivity (Wildman–Crippen MR) is 77.4 cm³/mol. The van der Waals surface area contributed by atoms with E-state index < -0.39 is 5.60 Å². The van der Waals surface area contributed by atoms with E-state index in [-0.39, 0.29) is 0 Å². The van der Waals surface area contributed by atoms with Gasteiger partial charge in [0.15, 0.2) is 0 Å². The molecular formula is C17H32O. The van der Waals surface area contributed by atoms with Crippen LogP contribution in [0.2, 0.25) is 0 Å². The van der Waals surface area contributed by atoms with Gasteiger partial charge in [-0.25, -0.2) is 0 Å². The van der Waals surface area contributed by atoms with Gasteiger partial charge < -0.3 is 5.11 Å². The molecule has 0 aromatic heterocycles. The van der Waals surface area contributed by atoms with E-state index in [1.165, 1.54) is 25.7 Å². The maximum atomic E-state index is 10.4. The molecule has 2 fully saturated rings. The summed E-state index contributed by atoms with van der Waals surface area (Å²) in [7, 11) is 0. The van der Waals surface area contributed by atoms with Crippen molar-refractivity contribution in [1.29, 1.82) is 0 Å². The molecule has 18 heavy (non-hydrogen) atoms. The van der Waals surface area contributed by atoms with Gasteiger partial charge in [0.25, 0.3) is 0 Å². The fourth-order valence-corrected chi connectivity index (χ4v) is 4.37. The molecule has 0 aromatic carbocycles. The first kappa shape index (κ1) is 14.4. The highest BCUT2D eigenvalue weighted by Crippen LogP contribution is 2.49. The summed E-state index contributed by atoms with van der Waals surface area (Å²) >= 11 is 0. The van der Waals surface area contributed by atoms with E-state index >= 15 is 0 Å². The zero-order chi connectivity index (χ0) is 13.6. The third kappa shape index (κ3) is 2.92. The summed E-state index contributed by atoms with van der Waals surface area (Å²) in [5.41, 5.74) is 0.0759. The molecule has 2 rings (SSSR count). The van der Waals surface area contributed by atoms with E-state index in [9.17, 15) is 5.11 Å². The summed E-state index contributed by atoms with van der Waals surface area (Å²) in [5.74, 6) is 3.24. The lowest BCUT2D eigenvalue weighted by Crippen LogP contribution is -2.42. The van der Waals surface area contributed by atoms with Crippen molar-refractivity contribution in [1.82, 2.24) is 0 Å². The van der Waals surface area contributed by atoms with Crippen molar-refractivity contribution in [2.75, 3.05) is 0 Å². The van der Waals surface area contributed by atoms with Crippen molar-refractivity contribution in [2.24, 2.45) is 29.1 Å². The van der Waals surface area contributed by atoms with Gasteiger partial charge in [0, 0.05) is 0 Å². The van der Waals surface area contributed by atoms with Crippen molar-refractivity contribution in [3.8, 4) is 0 Å². The average Bonchev–Trinajstić information content (AvgIpc) is 2.24. The highest BCUT2D eigenvalue weighted by Gasteiger charge is 2.42. The SMILES string of the molecule is CC1C[C@H]2C[C@](C)(O)CC[C@@H]2[C@H](C)CCC1(C)C. The Morgan fingerprint density at radius 3 is 2.33 bits per heavy atom. The van der Waals surface area contributed by atoms with Gasteiger partial charge in [0.1, 0.15) is 0 Å². The summed E-state index contributed by atoms with van der Waals surface area (Å²) in [6.07, 6.45) is 7.35. The zero-order valence-electron chi connectivity index (χ0n) is 13.0. The molecule has 2 saturated carbocycles. The smallest absolute Gasteiger partial charge is 0.0622 e. The highest BCUT2D eigenvalue weighted by molar-refractivity contribution is 4.93. The quantitative estimate of drug-likeness (QED) is 0.666. The standard InChI is InChI=1S/C17H32O/c1-12-6-8-16(3,4)13(2)10-14-11-17(5,18)9-7-15(12)14/h12-15,18H,6-11H2,1-5H3/t12-,13?,14+,15-,17-/m1/s1. The Balaban J connectivity index is 2.16. The highest BCUT2D eigenvalue weighted by atomic mass is 16.3. The average molecular weight is 252 g/mol. The van der Waals surface area contributed by atoms with Crippen LogP contribution >= 0.6 is 0 Å². The van der Waals surface area contributed by atoms with Gasteiger partial charge in [-0.3, -0.25) is 0 Å². The Morgan fingerprint density at radius 1 is 1.00 bits per heavy atom. The Bertz CT molecular complexity index is 292. The minimum Gasteiger partial charge on any atom is -0.390 e. The Hall–Kier alpha value is -0.0400. The van der Waals surface area contributed by atoms with Crippen LogP contribution in [0.1, 0.15) is 73.1 Å². The molecule has 0 aromatic rings. The number of hydrogen-bond acceptors (Lipinski definition) is 1. The van der Waals surface area contributed by atoms with Crippen LogP contribution in [0.25, 0.3) is 0 Å². The van der Waals surface area contributed by atoms with Crippen LogP contribution in [0.3, 0.4) is 0 Å². The molecule has 0 amide bonds. The van der Waals surface area contributed by atoms with E-state index in [2.05, 4.69) is 27.7 Å². The molecule has 1 heteroatoms. The molecule has 0 spiro atoms. The van der Waals surface area contributed by atoms with Crippen LogP contribution in [0.15, 0.2) is 0 Å². The molecule has 0 saturated heterocycles. The Morgan fingerprint density at radius 2 is 1.67 bits per heavy atom. The molecule has 2 aliphatic carbocycles. The number of fused-ring (bicyclic) bond motifs is 1. The van der Waals surface area contributed by atoms with Gasteiger partial charge >= 0.3 is 0 Å². The first-order valence-electron chi connectivity index (χ1n) is 7.94. The zero-order valence-corrected chi connectivity index (χ0v) is 13.0. The van der Waals surface area contributed by atoms with Crippen molar-refractivity contribution >= 4 is 0 Å². The molecule has 5 atom stereocenters. The van der Waals surface area contributed by atoms with Crippen LogP contribution in [0.5, 0.6) is 0 Å². The predicted octanol–water partition coefficient (Wildman–Crippen LogP) is 4.64. The van der Waals surface area contributed by atoms with E-state index in [1.54, 1.807) is 0 Å². The van der Waals surface area contributed by atoms with Crippen LogP contribution < -0.4 is 0 Å². The molecule has 1 nitrogen and oxygen atoms in total. The number of aliphatic hydroxyl groups is 1. The van der Waals surface area contributed by atoms with Crippen LogP contribution in [-0.4, -0.2) is 10.7 Å². The molecule has 1 unspecified atom stereocenters. The maximum absolute atomic E-state index is 10.4. The minimum atomic E-state index is -0.399. The van der Waals surface area contributed by atoms with E-state index in [0.29, 0.717) is 5.41 Å². The topological polar surface area (TPSA) is 20.2 Å². The number of rotatable bonds is 0. The van der Waals surface area contributed by atoms with Crippen LogP contribution in [0.4, 0.5) is 0 Å². The maximum Gasteiger partial charge on any atom is 0.0622 e. The van der Waals surface area contributed by atoms with Gasteiger partial charge in [-0.05, 0) is 74.5 Å². The Kier molecular flexibility index (Phi) is 3.84. The summed E-state index contributed by atoms with van der Waals surface area (Å²) in [4.78, 5) is 0. The van der Waals surface area contributed by atoms with Crippen molar-refractivity contribution < 1.29 is 5.11 Å². The molecular weight excluding hydrogens is 220 g/mol. The lowest BCUT2D eigenvalue weighted by Gasteiger charge is -2.48. The monoisotopic (exact) mass is 252 g/mol. The fraction of sp³-hybridized carbons (Fsp3) is 1.00. The second-order valence-electron chi connectivity index (χ2n) is 8.30. The fourth-order valence-electron chi connectivity index (χ4n) is 4.37. The van der Waals surface area contributed by atoms with E-state index in [0.717, 1.165) is 36.5 Å². The van der Waals surface area contributed by atoms with Gasteiger partial charge in [0.05, 0.1) is 5.60 Å². The van der Waals surface area contributed by atoms with Crippen LogP contribution in [0, 0.1) is 29.1 Å². The Labute approximate surface area is 113 Å². The summed E-state index contributed by atoms with van der Waals surface area (Å²) < 4.78 is 0. The van der Waals surface area contributed by atoms with Crippen molar-refractivity contribution in [3.63, 3.8) is 0 Å². The lowest BCUT2D eigenvalue weighted by atomic mass is 9.59. The van der Waals surface area contributed by atoms with Crippen molar-refractivity contribution in [2.45, 2.75) is 78.7 Å². The largest absolute Gasteiger partial charge is 0.390 e. The third-order valence-corrected chi connectivity index (χ3v) is 6.29. The molecule has 0 aliphatic heterocycles. The molecule has 2 aliphatic rings. The molecule has 0 bridgehead atoms. The van der Waals surface area contributed by atoms with Gasteiger partial charge in [-0.15, -0.1) is 0 Å². The third-order valence-electron chi connectivity index (χ3n) is 6.29. The molecule has 106 valence electrons. The molecule has 0 heterocycles. The van der Waals surface area contributed by atoms with Crippen LogP contribution in [-0.2, 0) is 0 Å². The normalized spacial score (nSPS) is 49.0. The van der Waals surface area contributed by atoms with Crippen molar-refractivity contribution in [3.05, 3.63) is 0 Å². The number of hydrogen-bond donors (Lipinski definition) is 1. The summed E-state index contributed by atoms with van der Waals surface area (Å²) in [6, 6.07) is 0. The van der Waals surface area contributed by atoms with Gasteiger partial charge in [-0.1, -0.05) is 27.7 Å². The summed E-state index contributed by atoms with van der Waals surface area (Å²) in [5, 5.41) is 10.4. The second-order valence-corrected chi connectivity index (χ2v) is 8.30. The second kappa shape index (κ2) is 4.81. The first-order valence-corrected chi connectivity index (χ1v) is 7.94.